The summed E-state index contributed by atoms with van der Waals surface area (Å²) in [7, 11) is 0. The summed E-state index contributed by atoms with van der Waals surface area (Å²) in [6.45, 7) is 3.77. The van der Waals surface area contributed by atoms with Gasteiger partial charge in [-0.1, -0.05) is 26.0 Å². The van der Waals surface area contributed by atoms with Crippen LogP contribution in [0.2, 0.25) is 0 Å². The van der Waals surface area contributed by atoms with Crippen molar-refractivity contribution in [2.45, 2.75) is 32.7 Å². The van der Waals surface area contributed by atoms with Crippen molar-refractivity contribution in [3.8, 4) is 0 Å². The van der Waals surface area contributed by atoms with Gasteiger partial charge in [-0.15, -0.1) is 0 Å². The lowest BCUT2D eigenvalue weighted by molar-refractivity contribution is -0.141. The molecular weight excluding hydrogens is 249 g/mol. The fraction of sp³-hybridized carbons (Fsp3) is 0.429. The molecule has 1 aromatic rings. The highest BCUT2D eigenvalue weighted by Gasteiger charge is 2.20. The molecule has 0 aliphatic carbocycles. The molecule has 1 aromatic carbocycles. The number of carbonyl (C=O) groups is 2. The van der Waals surface area contributed by atoms with E-state index in [-0.39, 0.29) is 30.5 Å². The second-order valence-electron chi connectivity index (χ2n) is 4.89. The van der Waals surface area contributed by atoms with Crippen molar-refractivity contribution in [1.29, 1.82) is 0 Å². The Hall–Kier alpha value is -1.91. The SMILES string of the molecule is CC(C)CC(=O)N[C@H](Cc1ccc(F)cc1)C(=O)O. The number of aliphatic carboxylic acids is 1. The molecule has 0 spiro atoms. The van der Waals surface area contributed by atoms with Crippen LogP contribution in [-0.2, 0) is 16.0 Å². The van der Waals surface area contributed by atoms with Crippen LogP contribution in [0.5, 0.6) is 0 Å². The number of carbonyl (C=O) groups excluding carboxylic acids is 1. The molecule has 0 aliphatic rings. The predicted octanol–water partition coefficient (Wildman–Crippen LogP) is 1.98. The third kappa shape index (κ3) is 5.50. The van der Waals surface area contributed by atoms with Gasteiger partial charge in [0.2, 0.25) is 5.91 Å². The van der Waals surface area contributed by atoms with Crippen LogP contribution < -0.4 is 5.32 Å². The number of hydrogen-bond donors (Lipinski definition) is 2. The van der Waals surface area contributed by atoms with Crippen LogP contribution in [0.3, 0.4) is 0 Å². The molecule has 0 aromatic heterocycles. The highest BCUT2D eigenvalue weighted by Crippen LogP contribution is 2.07. The van der Waals surface area contributed by atoms with E-state index in [4.69, 9.17) is 5.11 Å². The van der Waals surface area contributed by atoms with E-state index in [1.54, 1.807) is 0 Å². The second-order valence-corrected chi connectivity index (χ2v) is 4.89. The molecule has 0 saturated carbocycles. The summed E-state index contributed by atoms with van der Waals surface area (Å²) >= 11 is 0. The first kappa shape index (κ1) is 15.1. The molecule has 1 amide bonds. The lowest BCUT2D eigenvalue weighted by Crippen LogP contribution is -2.42. The Balaban J connectivity index is 2.65. The molecule has 1 atom stereocenters. The van der Waals surface area contributed by atoms with E-state index >= 15 is 0 Å². The summed E-state index contributed by atoms with van der Waals surface area (Å²) < 4.78 is 12.8. The van der Waals surface area contributed by atoms with E-state index in [1.165, 1.54) is 24.3 Å². The third-order valence-electron chi connectivity index (χ3n) is 2.58. The van der Waals surface area contributed by atoms with E-state index in [1.807, 2.05) is 13.8 Å². The van der Waals surface area contributed by atoms with Gasteiger partial charge in [-0.3, -0.25) is 4.79 Å². The van der Waals surface area contributed by atoms with Gasteiger partial charge in [-0.2, -0.15) is 0 Å². The zero-order valence-electron chi connectivity index (χ0n) is 11.0. The smallest absolute Gasteiger partial charge is 0.326 e. The number of carboxylic acids is 1. The Kier molecular flexibility index (Phi) is 5.48. The Labute approximate surface area is 111 Å². The Morgan fingerprint density at radius 3 is 2.32 bits per heavy atom. The summed E-state index contributed by atoms with van der Waals surface area (Å²) in [5.74, 6) is -1.59. The fourth-order valence-corrected chi connectivity index (χ4v) is 1.68. The van der Waals surface area contributed by atoms with Crippen molar-refractivity contribution in [1.82, 2.24) is 5.32 Å². The first-order chi connectivity index (χ1) is 8.88. The van der Waals surface area contributed by atoms with Gasteiger partial charge in [-0.25, -0.2) is 9.18 Å². The van der Waals surface area contributed by atoms with Crippen molar-refractivity contribution >= 4 is 11.9 Å². The van der Waals surface area contributed by atoms with Crippen LogP contribution in [0.25, 0.3) is 0 Å². The van der Waals surface area contributed by atoms with Crippen molar-refractivity contribution in [2.24, 2.45) is 5.92 Å². The van der Waals surface area contributed by atoms with E-state index in [9.17, 15) is 14.0 Å². The maximum atomic E-state index is 12.8. The minimum absolute atomic E-state index is 0.138. The Morgan fingerprint density at radius 2 is 1.84 bits per heavy atom. The van der Waals surface area contributed by atoms with Gasteiger partial charge in [-0.05, 0) is 23.6 Å². The molecule has 0 radical (unpaired) electrons. The normalized spacial score (nSPS) is 12.2. The molecule has 104 valence electrons. The zero-order valence-corrected chi connectivity index (χ0v) is 11.0. The van der Waals surface area contributed by atoms with Crippen LogP contribution >= 0.6 is 0 Å². The van der Waals surface area contributed by atoms with Gasteiger partial charge < -0.3 is 10.4 Å². The molecule has 2 N–H and O–H groups in total. The highest BCUT2D eigenvalue weighted by molar-refractivity contribution is 5.83. The van der Waals surface area contributed by atoms with Crippen molar-refractivity contribution in [3.63, 3.8) is 0 Å². The quantitative estimate of drug-likeness (QED) is 0.828. The predicted molar refractivity (Wildman–Crippen MR) is 69.1 cm³/mol. The number of nitrogens with one attached hydrogen (secondary N) is 1. The average molecular weight is 267 g/mol. The second kappa shape index (κ2) is 6.87. The van der Waals surface area contributed by atoms with E-state index in [0.29, 0.717) is 5.56 Å². The topological polar surface area (TPSA) is 66.4 Å². The van der Waals surface area contributed by atoms with Gasteiger partial charge in [0.15, 0.2) is 0 Å². The molecule has 19 heavy (non-hydrogen) atoms. The molecule has 0 aliphatic heterocycles. The van der Waals surface area contributed by atoms with Gasteiger partial charge in [0.1, 0.15) is 11.9 Å². The summed E-state index contributed by atoms with van der Waals surface area (Å²) in [4.78, 5) is 22.7. The monoisotopic (exact) mass is 267 g/mol. The lowest BCUT2D eigenvalue weighted by atomic mass is 10.0. The first-order valence-electron chi connectivity index (χ1n) is 6.15. The molecule has 0 fully saturated rings. The summed E-state index contributed by atoms with van der Waals surface area (Å²) in [6.07, 6.45) is 0.423. The lowest BCUT2D eigenvalue weighted by Gasteiger charge is -2.15. The van der Waals surface area contributed by atoms with Crippen molar-refractivity contribution in [3.05, 3.63) is 35.6 Å². The molecule has 0 saturated heterocycles. The van der Waals surface area contributed by atoms with Gasteiger partial charge in [0.05, 0.1) is 0 Å². The highest BCUT2D eigenvalue weighted by atomic mass is 19.1. The molecule has 0 unspecified atom stereocenters. The Morgan fingerprint density at radius 1 is 1.26 bits per heavy atom. The molecule has 5 heteroatoms. The standard InChI is InChI=1S/C14H18FNO3/c1-9(2)7-13(17)16-12(14(18)19)8-10-3-5-11(15)6-4-10/h3-6,9,12H,7-8H2,1-2H3,(H,16,17)(H,18,19)/t12-/m1/s1. The van der Waals surface area contributed by atoms with E-state index in [2.05, 4.69) is 5.32 Å². The Bertz CT molecular complexity index is 443. The summed E-state index contributed by atoms with van der Waals surface area (Å²) in [5.41, 5.74) is 0.665. The van der Waals surface area contributed by atoms with Crippen LogP contribution in [0.1, 0.15) is 25.8 Å². The molecule has 1 rings (SSSR count). The minimum Gasteiger partial charge on any atom is -0.480 e. The van der Waals surface area contributed by atoms with Crippen LogP contribution in [-0.4, -0.2) is 23.0 Å². The number of hydrogen-bond acceptors (Lipinski definition) is 2. The van der Waals surface area contributed by atoms with Crippen LogP contribution in [0.15, 0.2) is 24.3 Å². The maximum Gasteiger partial charge on any atom is 0.326 e. The number of carboxylic acid groups (broad SMARTS) is 1. The number of amides is 1. The molecule has 0 bridgehead atoms. The van der Waals surface area contributed by atoms with E-state index in [0.717, 1.165) is 0 Å². The molecule has 0 heterocycles. The van der Waals surface area contributed by atoms with Gasteiger partial charge in [0, 0.05) is 12.8 Å². The minimum atomic E-state index is -1.10. The molecule has 4 nitrogen and oxygen atoms in total. The number of rotatable bonds is 6. The van der Waals surface area contributed by atoms with Gasteiger partial charge in [0.25, 0.3) is 0 Å². The number of halogens is 1. The average Bonchev–Trinajstić information content (AvgIpc) is 2.29. The van der Waals surface area contributed by atoms with Crippen LogP contribution in [0, 0.1) is 11.7 Å². The summed E-state index contributed by atoms with van der Waals surface area (Å²) in [5, 5.41) is 11.6. The van der Waals surface area contributed by atoms with Crippen LogP contribution in [0.4, 0.5) is 4.39 Å². The van der Waals surface area contributed by atoms with E-state index < -0.39 is 12.0 Å². The third-order valence-corrected chi connectivity index (χ3v) is 2.58. The van der Waals surface area contributed by atoms with Gasteiger partial charge >= 0.3 is 5.97 Å². The molecular formula is C14H18FNO3. The first-order valence-corrected chi connectivity index (χ1v) is 6.15. The largest absolute Gasteiger partial charge is 0.480 e. The maximum absolute atomic E-state index is 12.8. The zero-order chi connectivity index (χ0) is 14.4. The van der Waals surface area contributed by atoms with Crippen molar-refractivity contribution < 1.29 is 19.1 Å². The fourth-order valence-electron chi connectivity index (χ4n) is 1.68. The number of benzene rings is 1. The summed E-state index contributed by atoms with van der Waals surface area (Å²) in [6, 6.07) is 4.57. The van der Waals surface area contributed by atoms with Crippen molar-refractivity contribution in [2.75, 3.05) is 0 Å².